The summed E-state index contributed by atoms with van der Waals surface area (Å²) in [4.78, 5) is 12.5. The predicted molar refractivity (Wildman–Crippen MR) is 120 cm³/mol. The second kappa shape index (κ2) is 10.6. The van der Waals surface area contributed by atoms with E-state index < -0.39 is 10.0 Å². The number of aryl methyl sites for hydroxylation is 1. The van der Waals surface area contributed by atoms with Crippen molar-refractivity contribution in [2.75, 3.05) is 31.6 Å². The third-order valence-electron chi connectivity index (χ3n) is 5.14. The van der Waals surface area contributed by atoms with Crippen LogP contribution in [-0.2, 0) is 21.2 Å². The molecule has 1 fully saturated rings. The monoisotopic (exact) mass is 446 g/mol. The molecule has 0 aliphatic carbocycles. The molecule has 0 bridgehead atoms. The van der Waals surface area contributed by atoms with Crippen molar-refractivity contribution >= 4 is 21.6 Å². The first-order chi connectivity index (χ1) is 14.9. The summed E-state index contributed by atoms with van der Waals surface area (Å²) in [7, 11) is -3.71. The summed E-state index contributed by atoms with van der Waals surface area (Å²) in [5.74, 6) is 0.542. The maximum Gasteiger partial charge on any atom is 0.262 e. The number of carbonyl (C=O) groups excluding carboxylic acids is 1. The minimum Gasteiger partial charge on any atom is -0.492 e. The number of anilines is 1. The normalized spacial score (nSPS) is 14.8. The van der Waals surface area contributed by atoms with Gasteiger partial charge in [0.25, 0.3) is 5.91 Å². The van der Waals surface area contributed by atoms with Crippen molar-refractivity contribution in [1.29, 1.82) is 0 Å². The second-order valence-corrected chi connectivity index (χ2v) is 9.30. The maximum atomic E-state index is 13.2. The van der Waals surface area contributed by atoms with Crippen LogP contribution < -0.4 is 14.8 Å². The molecule has 1 N–H and O–H groups in total. The number of benzene rings is 2. The standard InChI is InChI=1S/C23H30N2O5S/c1-3-18-9-8-10-20(15-18)30-17-23(26)24-19-11-12-21(29-4-2)22(16-19)31(27,28)25-13-6-5-7-14-25/h8-12,15-16H,3-7,13-14,17H2,1-2H3,(H,24,26). The Bertz CT molecular complexity index is 1000. The van der Waals surface area contributed by atoms with Gasteiger partial charge >= 0.3 is 0 Å². The van der Waals surface area contributed by atoms with Crippen LogP contribution >= 0.6 is 0 Å². The summed E-state index contributed by atoms with van der Waals surface area (Å²) in [6, 6.07) is 12.3. The quantitative estimate of drug-likeness (QED) is 0.633. The highest BCUT2D eigenvalue weighted by molar-refractivity contribution is 7.89. The van der Waals surface area contributed by atoms with Crippen LogP contribution in [0.1, 0.15) is 38.7 Å². The summed E-state index contributed by atoms with van der Waals surface area (Å²) in [6.45, 7) is 5.02. The number of nitrogens with one attached hydrogen (secondary N) is 1. The summed E-state index contributed by atoms with van der Waals surface area (Å²) in [5.41, 5.74) is 1.51. The fourth-order valence-electron chi connectivity index (χ4n) is 3.51. The molecule has 1 aliphatic rings. The summed E-state index contributed by atoms with van der Waals surface area (Å²) < 4.78 is 39.0. The molecule has 2 aromatic rings. The number of amides is 1. The molecule has 1 saturated heterocycles. The SMILES string of the molecule is CCOc1ccc(NC(=O)COc2cccc(CC)c2)cc1S(=O)(=O)N1CCCCC1. The molecular formula is C23H30N2O5S. The third kappa shape index (κ3) is 5.98. The molecule has 0 spiro atoms. The molecule has 8 heteroatoms. The van der Waals surface area contributed by atoms with Gasteiger partial charge in [-0.3, -0.25) is 4.79 Å². The van der Waals surface area contributed by atoms with E-state index in [-0.39, 0.29) is 17.4 Å². The Hall–Kier alpha value is -2.58. The zero-order valence-corrected chi connectivity index (χ0v) is 18.9. The van der Waals surface area contributed by atoms with Crippen LogP contribution in [0.15, 0.2) is 47.4 Å². The smallest absolute Gasteiger partial charge is 0.262 e. The third-order valence-corrected chi connectivity index (χ3v) is 7.06. The first-order valence-corrected chi connectivity index (χ1v) is 12.2. The molecule has 7 nitrogen and oxygen atoms in total. The van der Waals surface area contributed by atoms with Gasteiger partial charge in [-0.1, -0.05) is 25.5 Å². The van der Waals surface area contributed by atoms with Crippen molar-refractivity contribution in [3.8, 4) is 11.5 Å². The van der Waals surface area contributed by atoms with E-state index in [9.17, 15) is 13.2 Å². The average Bonchev–Trinajstić information content (AvgIpc) is 2.79. The van der Waals surface area contributed by atoms with Crippen molar-refractivity contribution < 1.29 is 22.7 Å². The Morgan fingerprint density at radius 2 is 1.81 bits per heavy atom. The molecular weight excluding hydrogens is 416 g/mol. The highest BCUT2D eigenvalue weighted by Gasteiger charge is 2.29. The number of carbonyl (C=O) groups is 1. The number of sulfonamides is 1. The average molecular weight is 447 g/mol. The Morgan fingerprint density at radius 1 is 1.03 bits per heavy atom. The van der Waals surface area contributed by atoms with Crippen LogP contribution in [0.5, 0.6) is 11.5 Å². The van der Waals surface area contributed by atoms with Crippen molar-refractivity contribution in [2.24, 2.45) is 0 Å². The number of hydrogen-bond donors (Lipinski definition) is 1. The van der Waals surface area contributed by atoms with Crippen molar-refractivity contribution in [1.82, 2.24) is 4.31 Å². The van der Waals surface area contributed by atoms with Gasteiger partial charge in [0.1, 0.15) is 16.4 Å². The minimum absolute atomic E-state index is 0.0746. The fourth-order valence-corrected chi connectivity index (χ4v) is 5.18. The van der Waals surface area contributed by atoms with Gasteiger partial charge in [0.15, 0.2) is 6.61 Å². The number of hydrogen-bond acceptors (Lipinski definition) is 5. The van der Waals surface area contributed by atoms with Crippen LogP contribution in [0.4, 0.5) is 5.69 Å². The molecule has 2 aromatic carbocycles. The largest absolute Gasteiger partial charge is 0.492 e. The van der Waals surface area contributed by atoms with Crippen molar-refractivity contribution in [3.63, 3.8) is 0 Å². The summed E-state index contributed by atoms with van der Waals surface area (Å²) in [6.07, 6.45) is 3.60. The Morgan fingerprint density at radius 3 is 2.52 bits per heavy atom. The summed E-state index contributed by atoms with van der Waals surface area (Å²) >= 11 is 0. The molecule has 0 radical (unpaired) electrons. The van der Waals surface area contributed by atoms with E-state index in [1.54, 1.807) is 25.1 Å². The zero-order valence-electron chi connectivity index (χ0n) is 18.1. The van der Waals surface area contributed by atoms with Gasteiger partial charge in [-0.2, -0.15) is 4.31 Å². The number of ether oxygens (including phenoxy) is 2. The van der Waals surface area contributed by atoms with E-state index in [0.717, 1.165) is 31.2 Å². The van der Waals surface area contributed by atoms with Gasteiger partial charge in [0, 0.05) is 18.8 Å². The van der Waals surface area contributed by atoms with E-state index in [0.29, 0.717) is 36.9 Å². The van der Waals surface area contributed by atoms with E-state index in [2.05, 4.69) is 5.32 Å². The zero-order chi connectivity index (χ0) is 22.3. The lowest BCUT2D eigenvalue weighted by molar-refractivity contribution is -0.118. The van der Waals surface area contributed by atoms with E-state index in [4.69, 9.17) is 9.47 Å². The summed E-state index contributed by atoms with van der Waals surface area (Å²) in [5, 5.41) is 2.72. The highest BCUT2D eigenvalue weighted by atomic mass is 32.2. The van der Waals surface area contributed by atoms with Gasteiger partial charge in [-0.15, -0.1) is 0 Å². The molecule has 31 heavy (non-hydrogen) atoms. The van der Waals surface area contributed by atoms with Crippen molar-refractivity contribution in [2.45, 2.75) is 44.4 Å². The molecule has 1 aliphatic heterocycles. The lowest BCUT2D eigenvalue weighted by Gasteiger charge is -2.27. The molecule has 3 rings (SSSR count). The Kier molecular flexibility index (Phi) is 7.92. The predicted octanol–water partition coefficient (Wildman–Crippen LogP) is 3.84. The molecule has 0 unspecified atom stereocenters. The Balaban J connectivity index is 1.73. The van der Waals surface area contributed by atoms with E-state index in [1.165, 1.54) is 10.4 Å². The minimum atomic E-state index is -3.71. The topological polar surface area (TPSA) is 84.9 Å². The highest BCUT2D eigenvalue weighted by Crippen LogP contribution is 2.31. The van der Waals surface area contributed by atoms with Crippen LogP contribution in [0.3, 0.4) is 0 Å². The van der Waals surface area contributed by atoms with Gasteiger partial charge in [0.2, 0.25) is 10.0 Å². The first-order valence-electron chi connectivity index (χ1n) is 10.7. The molecule has 1 amide bonds. The van der Waals surface area contributed by atoms with Crippen molar-refractivity contribution in [3.05, 3.63) is 48.0 Å². The maximum absolute atomic E-state index is 13.2. The number of piperidine rings is 1. The molecule has 0 atom stereocenters. The van der Waals surface area contributed by atoms with E-state index in [1.807, 2.05) is 25.1 Å². The molecule has 0 aromatic heterocycles. The van der Waals surface area contributed by atoms with Crippen LogP contribution in [0.25, 0.3) is 0 Å². The second-order valence-electron chi connectivity index (χ2n) is 7.40. The molecule has 168 valence electrons. The van der Waals surface area contributed by atoms with Crippen LogP contribution in [0.2, 0.25) is 0 Å². The van der Waals surface area contributed by atoms with Gasteiger partial charge in [-0.25, -0.2) is 8.42 Å². The molecule has 1 heterocycles. The lowest BCUT2D eigenvalue weighted by Crippen LogP contribution is -2.35. The first kappa shape index (κ1) is 23.1. The van der Waals surface area contributed by atoms with Crippen LogP contribution in [-0.4, -0.2) is 44.9 Å². The van der Waals surface area contributed by atoms with Gasteiger partial charge < -0.3 is 14.8 Å². The van der Waals surface area contributed by atoms with E-state index >= 15 is 0 Å². The van der Waals surface area contributed by atoms with Gasteiger partial charge in [0.05, 0.1) is 6.61 Å². The fraction of sp³-hybridized carbons (Fsp3) is 0.435. The lowest BCUT2D eigenvalue weighted by atomic mass is 10.2. The Labute approximate surface area is 184 Å². The van der Waals surface area contributed by atoms with Gasteiger partial charge in [-0.05, 0) is 62.1 Å². The number of rotatable bonds is 9. The molecule has 0 saturated carbocycles. The van der Waals surface area contributed by atoms with Crippen LogP contribution in [0, 0.1) is 0 Å². The number of nitrogens with zero attached hydrogens (tertiary/aromatic N) is 1.